The number of amides is 2. The summed E-state index contributed by atoms with van der Waals surface area (Å²) in [6, 6.07) is 12.0. The molecule has 0 heterocycles. The number of hydrogen-bond acceptors (Lipinski definition) is 4. The first-order valence-electron chi connectivity index (χ1n) is 8.73. The van der Waals surface area contributed by atoms with Gasteiger partial charge in [-0.3, -0.25) is 4.72 Å². The zero-order chi connectivity index (χ0) is 20.0. The van der Waals surface area contributed by atoms with E-state index in [-0.39, 0.29) is 18.4 Å². The van der Waals surface area contributed by atoms with E-state index in [9.17, 15) is 13.2 Å². The maximum atomic E-state index is 12.2. The Morgan fingerprint density at radius 2 is 1.54 bits per heavy atom. The number of nitrogens with zero attached hydrogens (tertiary/aromatic N) is 1. The van der Waals surface area contributed by atoms with Crippen molar-refractivity contribution >= 4 is 38.8 Å². The fourth-order valence-electron chi connectivity index (χ4n) is 2.69. The van der Waals surface area contributed by atoms with Crippen molar-refractivity contribution < 1.29 is 25.6 Å². The van der Waals surface area contributed by atoms with Crippen LogP contribution in [0.2, 0.25) is 0 Å². The summed E-state index contributed by atoms with van der Waals surface area (Å²) in [6.45, 7) is 8.01. The number of sulfonamides is 1. The standard InChI is InChI=1S/C19H26N4O3S.ClH/c1-5-23(6-2)17-11-12-18(14(3)13-17)21-19(24)20-15-7-9-16(10-8-15)22-27(4,25)26;/h7-13,22H,5-6H2,1-4H3,(H2,20,21,24);1H/p-1. The van der Waals surface area contributed by atoms with Crippen molar-refractivity contribution in [3.8, 4) is 0 Å². The van der Waals surface area contributed by atoms with Crippen molar-refractivity contribution in [3.63, 3.8) is 0 Å². The number of hydrogen-bond donors (Lipinski definition) is 3. The lowest BCUT2D eigenvalue weighted by atomic mass is 10.1. The molecule has 2 aromatic rings. The van der Waals surface area contributed by atoms with Crippen molar-refractivity contribution in [3.05, 3.63) is 48.0 Å². The van der Waals surface area contributed by atoms with Crippen LogP contribution in [0.3, 0.4) is 0 Å². The molecule has 0 spiro atoms. The predicted molar refractivity (Wildman–Crippen MR) is 112 cm³/mol. The normalized spacial score (nSPS) is 10.6. The van der Waals surface area contributed by atoms with Gasteiger partial charge < -0.3 is 27.9 Å². The Labute approximate surface area is 173 Å². The van der Waals surface area contributed by atoms with Gasteiger partial charge in [-0.2, -0.15) is 0 Å². The van der Waals surface area contributed by atoms with Crippen LogP contribution < -0.4 is 32.7 Å². The minimum Gasteiger partial charge on any atom is -1.00 e. The number of halogens is 1. The van der Waals surface area contributed by atoms with Crippen LogP contribution in [0.1, 0.15) is 19.4 Å². The van der Waals surface area contributed by atoms with E-state index in [1.54, 1.807) is 24.3 Å². The van der Waals surface area contributed by atoms with Gasteiger partial charge in [0.25, 0.3) is 0 Å². The fourth-order valence-corrected chi connectivity index (χ4v) is 3.26. The molecule has 2 amide bonds. The quantitative estimate of drug-likeness (QED) is 0.613. The SMILES string of the molecule is CCN(CC)c1ccc(NC(=O)Nc2ccc(NS(C)(=O)=O)cc2)c(C)c1.[Cl-]. The molecule has 0 aliphatic carbocycles. The van der Waals surface area contributed by atoms with E-state index in [0.717, 1.165) is 36.3 Å². The number of benzene rings is 2. The third kappa shape index (κ3) is 6.94. The van der Waals surface area contributed by atoms with Crippen LogP contribution in [-0.4, -0.2) is 33.8 Å². The molecule has 0 radical (unpaired) electrons. The molecule has 0 saturated heterocycles. The zero-order valence-corrected chi connectivity index (χ0v) is 18.0. The Kier molecular flexibility index (Phi) is 8.59. The number of aryl methyl sites for hydroxylation is 1. The molecule has 0 bridgehead atoms. The van der Waals surface area contributed by atoms with Gasteiger partial charge in [-0.05, 0) is 68.8 Å². The molecule has 0 atom stereocenters. The molecule has 0 fully saturated rings. The first-order valence-corrected chi connectivity index (χ1v) is 10.6. The number of urea groups is 1. The van der Waals surface area contributed by atoms with Gasteiger partial charge in [0.15, 0.2) is 0 Å². The molecule has 3 N–H and O–H groups in total. The van der Waals surface area contributed by atoms with E-state index in [4.69, 9.17) is 0 Å². The minimum absolute atomic E-state index is 0. The number of carbonyl (C=O) groups excluding carboxylic acids is 1. The van der Waals surface area contributed by atoms with Crippen molar-refractivity contribution in [2.75, 3.05) is 39.6 Å². The van der Waals surface area contributed by atoms with Gasteiger partial charge in [0.1, 0.15) is 0 Å². The number of carbonyl (C=O) groups is 1. The molecule has 9 heteroatoms. The van der Waals surface area contributed by atoms with Crippen LogP contribution in [0.15, 0.2) is 42.5 Å². The maximum absolute atomic E-state index is 12.2. The molecule has 2 aromatic carbocycles. The maximum Gasteiger partial charge on any atom is 0.323 e. The first-order chi connectivity index (χ1) is 12.7. The summed E-state index contributed by atoms with van der Waals surface area (Å²) in [7, 11) is -3.33. The van der Waals surface area contributed by atoms with E-state index in [0.29, 0.717) is 11.4 Å². The Balaban J connectivity index is 0.00000392. The van der Waals surface area contributed by atoms with Gasteiger partial charge in [-0.15, -0.1) is 0 Å². The zero-order valence-electron chi connectivity index (χ0n) is 16.4. The molecule has 0 aliphatic heterocycles. The second kappa shape index (κ2) is 10.2. The van der Waals surface area contributed by atoms with E-state index >= 15 is 0 Å². The largest absolute Gasteiger partial charge is 1.00 e. The smallest absolute Gasteiger partial charge is 0.323 e. The summed E-state index contributed by atoms with van der Waals surface area (Å²) in [4.78, 5) is 14.5. The molecule has 0 unspecified atom stereocenters. The van der Waals surface area contributed by atoms with Gasteiger partial charge in [-0.1, -0.05) is 0 Å². The van der Waals surface area contributed by atoms with E-state index in [1.807, 2.05) is 25.1 Å². The highest BCUT2D eigenvalue weighted by Gasteiger charge is 2.08. The summed E-state index contributed by atoms with van der Waals surface area (Å²) in [5, 5.41) is 5.56. The third-order valence-electron chi connectivity index (χ3n) is 4.03. The van der Waals surface area contributed by atoms with Gasteiger partial charge >= 0.3 is 6.03 Å². The van der Waals surface area contributed by atoms with Crippen molar-refractivity contribution in [2.45, 2.75) is 20.8 Å². The van der Waals surface area contributed by atoms with Crippen LogP contribution >= 0.6 is 0 Å². The van der Waals surface area contributed by atoms with Crippen molar-refractivity contribution in [2.24, 2.45) is 0 Å². The molecular weight excluding hydrogens is 400 g/mol. The number of rotatable bonds is 7. The van der Waals surface area contributed by atoms with Crippen LogP contribution in [0.5, 0.6) is 0 Å². The second-order valence-corrected chi connectivity index (χ2v) is 7.95. The van der Waals surface area contributed by atoms with Crippen LogP contribution in [0, 0.1) is 6.92 Å². The summed E-state index contributed by atoms with van der Waals surface area (Å²) in [6.07, 6.45) is 1.08. The van der Waals surface area contributed by atoms with Gasteiger partial charge in [0.05, 0.1) is 6.26 Å². The van der Waals surface area contributed by atoms with E-state index in [2.05, 4.69) is 34.1 Å². The third-order valence-corrected chi connectivity index (χ3v) is 4.64. The minimum atomic E-state index is -3.33. The lowest BCUT2D eigenvalue weighted by molar-refractivity contribution is -0.0000110. The Hall–Kier alpha value is -2.45. The average molecular weight is 426 g/mol. The van der Waals surface area contributed by atoms with Crippen LogP contribution in [0.4, 0.5) is 27.5 Å². The second-order valence-electron chi connectivity index (χ2n) is 6.20. The molecule has 28 heavy (non-hydrogen) atoms. The molecule has 7 nitrogen and oxygen atoms in total. The van der Waals surface area contributed by atoms with Gasteiger partial charge in [0, 0.05) is 35.8 Å². The highest BCUT2D eigenvalue weighted by atomic mass is 35.5. The Bertz CT molecular complexity index is 898. The average Bonchev–Trinajstić information content (AvgIpc) is 2.59. The predicted octanol–water partition coefficient (Wildman–Crippen LogP) is 0.861. The summed E-state index contributed by atoms with van der Waals surface area (Å²) in [5.41, 5.74) is 3.83. The van der Waals surface area contributed by atoms with Crippen LogP contribution in [-0.2, 0) is 10.0 Å². The van der Waals surface area contributed by atoms with Crippen molar-refractivity contribution in [1.82, 2.24) is 0 Å². The highest BCUT2D eigenvalue weighted by Crippen LogP contribution is 2.23. The highest BCUT2D eigenvalue weighted by molar-refractivity contribution is 7.92. The van der Waals surface area contributed by atoms with Crippen molar-refractivity contribution in [1.29, 1.82) is 0 Å². The summed E-state index contributed by atoms with van der Waals surface area (Å²) in [5.74, 6) is 0. The molecule has 2 rings (SSSR count). The number of nitrogens with one attached hydrogen (secondary N) is 3. The van der Waals surface area contributed by atoms with Gasteiger partial charge in [0.2, 0.25) is 10.0 Å². The first kappa shape index (κ1) is 23.6. The molecule has 0 saturated carbocycles. The molecule has 0 aliphatic rings. The molecular formula is C19H26ClN4O3S-. The molecule has 154 valence electrons. The summed E-state index contributed by atoms with van der Waals surface area (Å²) >= 11 is 0. The lowest BCUT2D eigenvalue weighted by Crippen LogP contribution is -3.00. The fraction of sp³-hybridized carbons (Fsp3) is 0.316. The lowest BCUT2D eigenvalue weighted by Gasteiger charge is -2.22. The molecule has 0 aromatic heterocycles. The van der Waals surface area contributed by atoms with Crippen LogP contribution in [0.25, 0.3) is 0 Å². The Morgan fingerprint density at radius 1 is 0.964 bits per heavy atom. The van der Waals surface area contributed by atoms with E-state index in [1.165, 1.54) is 0 Å². The number of anilines is 4. The van der Waals surface area contributed by atoms with E-state index < -0.39 is 10.0 Å². The monoisotopic (exact) mass is 425 g/mol. The van der Waals surface area contributed by atoms with Gasteiger partial charge in [-0.25, -0.2) is 13.2 Å². The Morgan fingerprint density at radius 3 is 2.04 bits per heavy atom. The summed E-state index contributed by atoms with van der Waals surface area (Å²) < 4.78 is 24.8. The topological polar surface area (TPSA) is 90.5 Å².